The van der Waals surface area contributed by atoms with Gasteiger partial charge in [0.05, 0.1) is 12.6 Å². The van der Waals surface area contributed by atoms with E-state index < -0.39 is 0 Å². The summed E-state index contributed by atoms with van der Waals surface area (Å²) in [7, 11) is 1.65. The van der Waals surface area contributed by atoms with Gasteiger partial charge >= 0.3 is 0 Å². The van der Waals surface area contributed by atoms with Crippen LogP contribution in [0.1, 0.15) is 18.7 Å². The van der Waals surface area contributed by atoms with E-state index in [0.29, 0.717) is 12.2 Å². The summed E-state index contributed by atoms with van der Waals surface area (Å²) < 4.78 is 23.9. The molecule has 0 fully saturated rings. The molecule has 1 N–H and O–H groups in total. The van der Waals surface area contributed by atoms with E-state index >= 15 is 0 Å². The summed E-state index contributed by atoms with van der Waals surface area (Å²) in [5.74, 6) is 0.519. The normalized spacial score (nSPS) is 13.1. The predicted molar refractivity (Wildman–Crippen MR) is 64.5 cm³/mol. The summed E-state index contributed by atoms with van der Waals surface area (Å²) in [5.41, 5.74) is 0.695. The van der Waals surface area contributed by atoms with Gasteiger partial charge < -0.3 is 14.5 Å². The highest BCUT2D eigenvalue weighted by Crippen LogP contribution is 2.24. The number of hydrogen-bond acceptors (Lipinski definition) is 3. The van der Waals surface area contributed by atoms with E-state index in [1.54, 1.807) is 13.2 Å². The van der Waals surface area contributed by atoms with Crippen molar-refractivity contribution in [3.05, 3.63) is 35.8 Å². The van der Waals surface area contributed by atoms with Crippen molar-refractivity contribution in [1.82, 2.24) is 5.32 Å². The number of furan rings is 1. The number of fused-ring (bicyclic) bond motifs is 1. The highest BCUT2D eigenvalue weighted by atomic mass is 19.1. The molecule has 0 aliphatic carbocycles. The maximum Gasteiger partial charge on any atom is 0.134 e. The van der Waals surface area contributed by atoms with E-state index in [9.17, 15) is 4.39 Å². The molecule has 1 aromatic heterocycles. The van der Waals surface area contributed by atoms with Gasteiger partial charge in [-0.3, -0.25) is 0 Å². The molecule has 0 saturated heterocycles. The standard InChI is InChI=1S/C13H16FNO2/c1-3-15-11(8-16-2)13-7-9-6-10(14)4-5-12(9)17-13/h4-7,11,15H,3,8H2,1-2H3. The Morgan fingerprint density at radius 2 is 2.24 bits per heavy atom. The number of ether oxygens (including phenoxy) is 1. The largest absolute Gasteiger partial charge is 0.459 e. The highest BCUT2D eigenvalue weighted by molar-refractivity contribution is 5.78. The minimum absolute atomic E-state index is 0.000427. The van der Waals surface area contributed by atoms with Gasteiger partial charge in [0.25, 0.3) is 0 Å². The Kier molecular flexibility index (Phi) is 3.76. The Morgan fingerprint density at radius 1 is 1.41 bits per heavy atom. The molecule has 0 aliphatic rings. The van der Waals surface area contributed by atoms with Crippen molar-refractivity contribution < 1.29 is 13.5 Å². The second-order valence-electron chi connectivity index (χ2n) is 3.90. The monoisotopic (exact) mass is 237 g/mol. The van der Waals surface area contributed by atoms with Crippen molar-refractivity contribution in [2.24, 2.45) is 0 Å². The second-order valence-corrected chi connectivity index (χ2v) is 3.90. The van der Waals surface area contributed by atoms with Gasteiger partial charge in [-0.1, -0.05) is 6.92 Å². The molecule has 4 heteroatoms. The van der Waals surface area contributed by atoms with E-state index in [1.165, 1.54) is 12.1 Å². The minimum Gasteiger partial charge on any atom is -0.459 e. The molecule has 17 heavy (non-hydrogen) atoms. The van der Waals surface area contributed by atoms with Crippen LogP contribution in [0.15, 0.2) is 28.7 Å². The number of hydrogen-bond donors (Lipinski definition) is 1. The number of rotatable bonds is 5. The van der Waals surface area contributed by atoms with Crippen molar-refractivity contribution in [2.75, 3.05) is 20.3 Å². The molecule has 0 bridgehead atoms. The molecule has 0 amide bonds. The number of methoxy groups -OCH3 is 1. The van der Waals surface area contributed by atoms with Gasteiger partial charge in [-0.15, -0.1) is 0 Å². The number of nitrogens with one attached hydrogen (secondary N) is 1. The van der Waals surface area contributed by atoms with Crippen molar-refractivity contribution in [1.29, 1.82) is 0 Å². The fourth-order valence-corrected chi connectivity index (χ4v) is 1.86. The lowest BCUT2D eigenvalue weighted by molar-refractivity contribution is 0.159. The molecule has 3 nitrogen and oxygen atoms in total. The van der Waals surface area contributed by atoms with E-state index in [1.807, 2.05) is 13.0 Å². The van der Waals surface area contributed by atoms with Crippen LogP contribution in [0.5, 0.6) is 0 Å². The fourth-order valence-electron chi connectivity index (χ4n) is 1.86. The number of benzene rings is 1. The first-order valence-corrected chi connectivity index (χ1v) is 5.66. The third kappa shape index (κ3) is 2.65. The van der Waals surface area contributed by atoms with Crippen molar-refractivity contribution in [3.8, 4) is 0 Å². The van der Waals surface area contributed by atoms with Gasteiger partial charge in [-0.2, -0.15) is 0 Å². The van der Waals surface area contributed by atoms with Crippen LogP contribution in [0.3, 0.4) is 0 Å². The lowest BCUT2D eigenvalue weighted by atomic mass is 10.2. The molecule has 1 heterocycles. The average Bonchev–Trinajstić information content (AvgIpc) is 2.71. The van der Waals surface area contributed by atoms with E-state index in [2.05, 4.69) is 5.32 Å². The Labute approximate surface area is 99.6 Å². The van der Waals surface area contributed by atoms with Crippen molar-refractivity contribution in [3.63, 3.8) is 0 Å². The van der Waals surface area contributed by atoms with Crippen LogP contribution in [-0.2, 0) is 4.74 Å². The summed E-state index contributed by atoms with van der Waals surface area (Å²) in [6.07, 6.45) is 0. The molecule has 1 unspecified atom stereocenters. The quantitative estimate of drug-likeness (QED) is 0.868. The molecule has 0 saturated carbocycles. The van der Waals surface area contributed by atoms with Gasteiger partial charge in [0, 0.05) is 12.5 Å². The molecule has 0 spiro atoms. The first-order valence-electron chi connectivity index (χ1n) is 5.66. The summed E-state index contributed by atoms with van der Waals surface area (Å²) >= 11 is 0. The van der Waals surface area contributed by atoms with Crippen LogP contribution in [0.2, 0.25) is 0 Å². The first kappa shape index (κ1) is 12.1. The van der Waals surface area contributed by atoms with Crippen molar-refractivity contribution in [2.45, 2.75) is 13.0 Å². The molecule has 0 aliphatic heterocycles. The third-order valence-corrected chi connectivity index (χ3v) is 2.62. The maximum atomic E-state index is 13.1. The highest BCUT2D eigenvalue weighted by Gasteiger charge is 2.15. The third-order valence-electron chi connectivity index (χ3n) is 2.62. The van der Waals surface area contributed by atoms with Crippen LogP contribution < -0.4 is 5.32 Å². The molecule has 0 radical (unpaired) electrons. The van der Waals surface area contributed by atoms with Gasteiger partial charge in [-0.05, 0) is 30.8 Å². The Hall–Kier alpha value is -1.39. The van der Waals surface area contributed by atoms with Gasteiger partial charge in [-0.25, -0.2) is 4.39 Å². The van der Waals surface area contributed by atoms with Crippen LogP contribution in [0.4, 0.5) is 4.39 Å². The Balaban J connectivity index is 2.33. The second kappa shape index (κ2) is 5.29. The van der Waals surface area contributed by atoms with Crippen molar-refractivity contribution >= 4 is 11.0 Å². The molecule has 1 atom stereocenters. The average molecular weight is 237 g/mol. The zero-order valence-corrected chi connectivity index (χ0v) is 10.00. The van der Waals surface area contributed by atoms with Crippen LogP contribution in [-0.4, -0.2) is 20.3 Å². The van der Waals surface area contributed by atoms with Crippen LogP contribution in [0, 0.1) is 5.82 Å². The topological polar surface area (TPSA) is 34.4 Å². The summed E-state index contributed by atoms with van der Waals surface area (Å²) in [6.45, 7) is 3.36. The zero-order chi connectivity index (χ0) is 12.3. The molecular formula is C13H16FNO2. The smallest absolute Gasteiger partial charge is 0.134 e. The summed E-state index contributed by atoms with van der Waals surface area (Å²) in [4.78, 5) is 0. The predicted octanol–water partition coefficient (Wildman–Crippen LogP) is 2.87. The number of halogens is 1. The molecule has 92 valence electrons. The van der Waals surface area contributed by atoms with Gasteiger partial charge in [0.15, 0.2) is 0 Å². The summed E-state index contributed by atoms with van der Waals surface area (Å²) in [5, 5.41) is 4.04. The molecule has 2 rings (SSSR count). The van der Waals surface area contributed by atoms with E-state index in [0.717, 1.165) is 17.7 Å². The lowest BCUT2D eigenvalue weighted by Crippen LogP contribution is -2.24. The fraction of sp³-hybridized carbons (Fsp3) is 0.385. The Morgan fingerprint density at radius 3 is 2.94 bits per heavy atom. The maximum absolute atomic E-state index is 13.1. The van der Waals surface area contributed by atoms with Crippen LogP contribution >= 0.6 is 0 Å². The first-order chi connectivity index (χ1) is 8.24. The number of likely N-dealkylation sites (N-methyl/N-ethyl adjacent to an activating group) is 1. The molecular weight excluding hydrogens is 221 g/mol. The molecule has 1 aromatic carbocycles. The van der Waals surface area contributed by atoms with Gasteiger partial charge in [0.2, 0.25) is 0 Å². The van der Waals surface area contributed by atoms with E-state index in [-0.39, 0.29) is 11.9 Å². The van der Waals surface area contributed by atoms with Crippen LogP contribution in [0.25, 0.3) is 11.0 Å². The Bertz CT molecular complexity index is 489. The summed E-state index contributed by atoms with van der Waals surface area (Å²) in [6, 6.07) is 6.36. The minimum atomic E-state index is -0.253. The molecule has 2 aromatic rings. The van der Waals surface area contributed by atoms with Gasteiger partial charge in [0.1, 0.15) is 17.2 Å². The van der Waals surface area contributed by atoms with E-state index in [4.69, 9.17) is 9.15 Å². The zero-order valence-electron chi connectivity index (χ0n) is 10.00. The SMILES string of the molecule is CCNC(COC)c1cc2cc(F)ccc2o1. The lowest BCUT2D eigenvalue weighted by Gasteiger charge is -2.13.